The van der Waals surface area contributed by atoms with Crippen molar-refractivity contribution in [1.29, 1.82) is 0 Å². The van der Waals surface area contributed by atoms with E-state index in [1.54, 1.807) is 7.11 Å². The lowest BCUT2D eigenvalue weighted by molar-refractivity contribution is -0.0116. The molecule has 3 nitrogen and oxygen atoms in total. The van der Waals surface area contributed by atoms with Crippen LogP contribution < -0.4 is 5.73 Å². The number of likely N-dealkylation sites (N-methyl/N-ethyl adjacent to an activating group) is 1. The van der Waals surface area contributed by atoms with Crippen LogP contribution in [-0.4, -0.2) is 43.3 Å². The van der Waals surface area contributed by atoms with Gasteiger partial charge >= 0.3 is 0 Å². The zero-order chi connectivity index (χ0) is 12.5. The maximum absolute atomic E-state index is 6.18. The molecule has 2 rings (SSSR count). The van der Waals surface area contributed by atoms with Crippen molar-refractivity contribution in [3.8, 4) is 0 Å². The van der Waals surface area contributed by atoms with Crippen LogP contribution in [-0.2, 0) is 4.74 Å². The van der Waals surface area contributed by atoms with Crippen LogP contribution in [0.15, 0.2) is 0 Å². The molecule has 4 unspecified atom stereocenters. The number of nitrogens with two attached hydrogens (primary N) is 1. The Labute approximate surface area is 106 Å². The van der Waals surface area contributed by atoms with Crippen LogP contribution in [0.25, 0.3) is 0 Å². The van der Waals surface area contributed by atoms with Crippen molar-refractivity contribution in [2.75, 3.05) is 26.8 Å². The number of fused-ring (bicyclic) bond motifs is 2. The Bertz CT molecular complexity index is 259. The summed E-state index contributed by atoms with van der Waals surface area (Å²) in [5, 5.41) is 0. The summed E-state index contributed by atoms with van der Waals surface area (Å²) in [6.07, 6.45) is 5.55. The van der Waals surface area contributed by atoms with Gasteiger partial charge in [-0.2, -0.15) is 0 Å². The Kier molecular flexibility index (Phi) is 4.11. The average molecular weight is 240 g/mol. The number of hydrogen-bond donors (Lipinski definition) is 1. The highest BCUT2D eigenvalue weighted by molar-refractivity contribution is 5.08. The molecule has 2 aliphatic carbocycles. The van der Waals surface area contributed by atoms with Crippen molar-refractivity contribution < 1.29 is 4.74 Å². The Balaban J connectivity index is 2.15. The van der Waals surface area contributed by atoms with Gasteiger partial charge in [-0.15, -0.1) is 0 Å². The van der Waals surface area contributed by atoms with Crippen LogP contribution in [0.3, 0.4) is 0 Å². The summed E-state index contributed by atoms with van der Waals surface area (Å²) in [6, 6.07) is 0.480. The SMILES string of the molecule is CCN(C(C)COC)C1(CN)CC2CCC1C2. The van der Waals surface area contributed by atoms with E-state index in [1.807, 2.05) is 0 Å². The first-order valence-electron chi connectivity index (χ1n) is 7.13. The smallest absolute Gasteiger partial charge is 0.0615 e. The first kappa shape index (κ1) is 13.3. The number of rotatable bonds is 6. The van der Waals surface area contributed by atoms with Gasteiger partial charge in [-0.1, -0.05) is 13.3 Å². The fourth-order valence-electron chi connectivity index (χ4n) is 4.53. The van der Waals surface area contributed by atoms with Gasteiger partial charge in [0.1, 0.15) is 0 Å². The van der Waals surface area contributed by atoms with Crippen molar-refractivity contribution in [1.82, 2.24) is 4.90 Å². The predicted octanol–water partition coefficient (Wildman–Crippen LogP) is 1.86. The molecular formula is C14H28N2O. The monoisotopic (exact) mass is 240 g/mol. The van der Waals surface area contributed by atoms with E-state index in [2.05, 4.69) is 18.7 Å². The molecule has 2 N–H and O–H groups in total. The average Bonchev–Trinajstić information content (AvgIpc) is 2.91. The fraction of sp³-hybridized carbons (Fsp3) is 1.00. The van der Waals surface area contributed by atoms with E-state index in [-0.39, 0.29) is 5.54 Å². The second-order valence-electron chi connectivity index (χ2n) is 5.98. The molecule has 4 atom stereocenters. The second kappa shape index (κ2) is 5.25. The lowest BCUT2D eigenvalue weighted by Gasteiger charge is -2.49. The molecule has 0 radical (unpaired) electrons. The van der Waals surface area contributed by atoms with Crippen LogP contribution >= 0.6 is 0 Å². The van der Waals surface area contributed by atoms with Crippen LogP contribution in [0.4, 0.5) is 0 Å². The van der Waals surface area contributed by atoms with Gasteiger partial charge in [0.25, 0.3) is 0 Å². The van der Waals surface area contributed by atoms with Gasteiger partial charge in [-0.3, -0.25) is 4.90 Å². The standard InChI is InChI=1S/C14H28N2O/c1-4-16(11(2)9-17-3)14(10-15)8-12-5-6-13(14)7-12/h11-13H,4-10,15H2,1-3H3. The second-order valence-corrected chi connectivity index (χ2v) is 5.98. The van der Waals surface area contributed by atoms with Gasteiger partial charge in [0.05, 0.1) is 6.61 Å². The van der Waals surface area contributed by atoms with E-state index in [0.717, 1.165) is 31.5 Å². The molecule has 0 amide bonds. The molecule has 2 aliphatic rings. The molecule has 0 aromatic heterocycles. The predicted molar refractivity (Wildman–Crippen MR) is 71.0 cm³/mol. The first-order valence-corrected chi connectivity index (χ1v) is 7.13. The van der Waals surface area contributed by atoms with E-state index in [0.29, 0.717) is 6.04 Å². The molecule has 2 fully saturated rings. The third-order valence-corrected chi connectivity index (χ3v) is 5.15. The molecule has 0 aliphatic heterocycles. The Morgan fingerprint density at radius 3 is 2.65 bits per heavy atom. The minimum absolute atomic E-state index is 0.273. The maximum atomic E-state index is 6.18. The van der Waals surface area contributed by atoms with Crippen molar-refractivity contribution in [2.45, 2.75) is 51.1 Å². The minimum atomic E-state index is 0.273. The molecular weight excluding hydrogens is 212 g/mol. The lowest BCUT2D eigenvalue weighted by Crippen LogP contribution is -2.60. The Morgan fingerprint density at radius 1 is 1.47 bits per heavy atom. The summed E-state index contributed by atoms with van der Waals surface area (Å²) in [5.74, 6) is 1.77. The highest BCUT2D eigenvalue weighted by atomic mass is 16.5. The van der Waals surface area contributed by atoms with Gasteiger partial charge in [0.2, 0.25) is 0 Å². The van der Waals surface area contributed by atoms with E-state index in [9.17, 15) is 0 Å². The maximum Gasteiger partial charge on any atom is 0.0615 e. The normalized spacial score (nSPS) is 37.9. The first-order chi connectivity index (χ1) is 8.17. The molecule has 2 saturated carbocycles. The van der Waals surface area contributed by atoms with E-state index < -0.39 is 0 Å². The third kappa shape index (κ3) is 2.13. The molecule has 0 spiro atoms. The lowest BCUT2D eigenvalue weighted by atomic mass is 9.78. The molecule has 0 heterocycles. The summed E-state index contributed by atoms with van der Waals surface area (Å²) < 4.78 is 5.33. The van der Waals surface area contributed by atoms with Crippen molar-refractivity contribution >= 4 is 0 Å². The molecule has 0 aromatic rings. The summed E-state index contributed by atoms with van der Waals surface area (Å²) in [6.45, 7) is 7.25. The Hall–Kier alpha value is -0.120. The third-order valence-electron chi connectivity index (χ3n) is 5.15. The van der Waals surface area contributed by atoms with Crippen LogP contribution in [0.2, 0.25) is 0 Å². The molecule has 0 aromatic carbocycles. The number of ether oxygens (including phenoxy) is 1. The van der Waals surface area contributed by atoms with Gasteiger partial charge in [-0.25, -0.2) is 0 Å². The number of hydrogen-bond acceptors (Lipinski definition) is 3. The van der Waals surface area contributed by atoms with E-state index in [4.69, 9.17) is 10.5 Å². The largest absolute Gasteiger partial charge is 0.383 e. The summed E-state index contributed by atoms with van der Waals surface area (Å²) in [5.41, 5.74) is 6.46. The number of nitrogens with zero attached hydrogens (tertiary/aromatic N) is 1. The molecule has 100 valence electrons. The molecule has 3 heteroatoms. The molecule has 2 bridgehead atoms. The molecule has 0 saturated heterocycles. The van der Waals surface area contributed by atoms with Gasteiger partial charge in [0, 0.05) is 25.2 Å². The van der Waals surface area contributed by atoms with Crippen molar-refractivity contribution in [3.05, 3.63) is 0 Å². The zero-order valence-corrected chi connectivity index (χ0v) is 11.6. The van der Waals surface area contributed by atoms with Gasteiger partial charge in [-0.05, 0) is 44.6 Å². The van der Waals surface area contributed by atoms with Crippen LogP contribution in [0.1, 0.15) is 39.5 Å². The highest BCUT2D eigenvalue weighted by Crippen LogP contribution is 2.53. The summed E-state index contributed by atoms with van der Waals surface area (Å²) >= 11 is 0. The Morgan fingerprint density at radius 2 is 2.24 bits per heavy atom. The van der Waals surface area contributed by atoms with E-state index in [1.165, 1.54) is 25.7 Å². The fourth-order valence-corrected chi connectivity index (χ4v) is 4.53. The van der Waals surface area contributed by atoms with Crippen LogP contribution in [0, 0.1) is 11.8 Å². The van der Waals surface area contributed by atoms with Crippen molar-refractivity contribution in [3.63, 3.8) is 0 Å². The minimum Gasteiger partial charge on any atom is -0.383 e. The summed E-state index contributed by atoms with van der Waals surface area (Å²) in [4.78, 5) is 2.63. The highest BCUT2D eigenvalue weighted by Gasteiger charge is 2.53. The van der Waals surface area contributed by atoms with Crippen LogP contribution in [0.5, 0.6) is 0 Å². The van der Waals surface area contributed by atoms with E-state index >= 15 is 0 Å². The topological polar surface area (TPSA) is 38.5 Å². The molecule has 17 heavy (non-hydrogen) atoms. The number of methoxy groups -OCH3 is 1. The summed E-state index contributed by atoms with van der Waals surface area (Å²) in [7, 11) is 1.79. The van der Waals surface area contributed by atoms with Gasteiger partial charge in [0.15, 0.2) is 0 Å². The zero-order valence-electron chi connectivity index (χ0n) is 11.6. The quantitative estimate of drug-likeness (QED) is 0.770. The van der Waals surface area contributed by atoms with Gasteiger partial charge < -0.3 is 10.5 Å². The van der Waals surface area contributed by atoms with Crippen molar-refractivity contribution in [2.24, 2.45) is 17.6 Å².